The number of ether oxygens (including phenoxy) is 1. The van der Waals surface area contributed by atoms with Crippen LogP contribution < -0.4 is 10.5 Å². The van der Waals surface area contributed by atoms with E-state index in [0.717, 1.165) is 0 Å². The van der Waals surface area contributed by atoms with E-state index in [1.165, 1.54) is 31.2 Å². The van der Waals surface area contributed by atoms with E-state index in [2.05, 4.69) is 4.74 Å². The summed E-state index contributed by atoms with van der Waals surface area (Å²) in [6, 6.07) is 5.40. The summed E-state index contributed by atoms with van der Waals surface area (Å²) in [6.45, 7) is 2.05. The first-order chi connectivity index (χ1) is 8.10. The number of benzene rings is 1. The van der Waals surface area contributed by atoms with Gasteiger partial charge >= 0.3 is 6.11 Å². The minimum Gasteiger partial charge on any atom is -0.433 e. The molecule has 18 heavy (non-hydrogen) atoms. The standard InChI is InChI=1S/C12H15F2NO3/c1-11(17,7-10(15)16)8-3-5-9(6-4-8)18-12(2,13)14/h3-6,17H,7H2,1-2H3,(H2,15,16). The van der Waals surface area contributed by atoms with Crippen molar-refractivity contribution >= 4 is 5.91 Å². The summed E-state index contributed by atoms with van der Waals surface area (Å²) in [5, 5.41) is 9.99. The van der Waals surface area contributed by atoms with Gasteiger partial charge in [0.1, 0.15) is 5.75 Å². The molecule has 0 aliphatic heterocycles. The van der Waals surface area contributed by atoms with Crippen molar-refractivity contribution in [1.82, 2.24) is 0 Å². The average Bonchev–Trinajstić information content (AvgIpc) is 2.13. The molecule has 0 bridgehead atoms. The van der Waals surface area contributed by atoms with Crippen molar-refractivity contribution in [2.24, 2.45) is 5.73 Å². The Morgan fingerprint density at radius 3 is 2.22 bits per heavy atom. The zero-order valence-electron chi connectivity index (χ0n) is 10.1. The van der Waals surface area contributed by atoms with Gasteiger partial charge in [0.15, 0.2) is 0 Å². The van der Waals surface area contributed by atoms with Crippen molar-refractivity contribution in [1.29, 1.82) is 0 Å². The Morgan fingerprint density at radius 1 is 1.33 bits per heavy atom. The molecule has 1 aromatic rings. The normalized spacial score (nSPS) is 14.9. The molecule has 0 saturated carbocycles. The number of carbonyl (C=O) groups excluding carboxylic acids is 1. The fourth-order valence-electron chi connectivity index (χ4n) is 1.53. The summed E-state index contributed by atoms with van der Waals surface area (Å²) in [5.41, 5.74) is 3.97. The molecule has 0 saturated heterocycles. The number of halogens is 2. The Bertz CT molecular complexity index is 424. The molecule has 1 rings (SSSR count). The Morgan fingerprint density at radius 2 is 1.83 bits per heavy atom. The molecule has 1 unspecified atom stereocenters. The van der Waals surface area contributed by atoms with Crippen molar-refractivity contribution in [3.05, 3.63) is 29.8 Å². The van der Waals surface area contributed by atoms with Gasteiger partial charge in [-0.1, -0.05) is 12.1 Å². The van der Waals surface area contributed by atoms with Crippen molar-refractivity contribution in [2.75, 3.05) is 0 Å². The van der Waals surface area contributed by atoms with E-state index in [4.69, 9.17) is 5.73 Å². The lowest BCUT2D eigenvalue weighted by atomic mass is 9.92. The molecule has 0 radical (unpaired) electrons. The number of rotatable bonds is 5. The highest BCUT2D eigenvalue weighted by molar-refractivity contribution is 5.75. The van der Waals surface area contributed by atoms with Gasteiger partial charge in [-0.25, -0.2) is 0 Å². The molecule has 0 aliphatic carbocycles. The van der Waals surface area contributed by atoms with Gasteiger partial charge in [-0.2, -0.15) is 8.78 Å². The summed E-state index contributed by atoms with van der Waals surface area (Å²) in [4.78, 5) is 10.8. The number of aliphatic hydroxyl groups is 1. The Labute approximate surface area is 103 Å². The second-order valence-corrected chi connectivity index (χ2v) is 4.35. The van der Waals surface area contributed by atoms with E-state index in [0.29, 0.717) is 12.5 Å². The monoisotopic (exact) mass is 259 g/mol. The highest BCUT2D eigenvalue weighted by atomic mass is 19.3. The molecule has 0 aliphatic rings. The number of carbonyl (C=O) groups is 1. The molecular weight excluding hydrogens is 244 g/mol. The molecule has 3 N–H and O–H groups in total. The van der Waals surface area contributed by atoms with Crippen LogP contribution in [0.2, 0.25) is 0 Å². The maximum absolute atomic E-state index is 12.6. The largest absolute Gasteiger partial charge is 0.433 e. The predicted octanol–water partition coefficient (Wildman–Crippen LogP) is 1.76. The summed E-state index contributed by atoms with van der Waals surface area (Å²) >= 11 is 0. The van der Waals surface area contributed by atoms with Gasteiger partial charge < -0.3 is 15.6 Å². The minimum absolute atomic E-state index is 0.0267. The molecule has 0 spiro atoms. The number of amides is 1. The van der Waals surface area contributed by atoms with E-state index in [1.54, 1.807) is 0 Å². The van der Waals surface area contributed by atoms with Crippen LogP contribution in [0.1, 0.15) is 25.8 Å². The zero-order chi connectivity index (χ0) is 14.0. The predicted molar refractivity (Wildman–Crippen MR) is 61.1 cm³/mol. The Hall–Kier alpha value is -1.69. The van der Waals surface area contributed by atoms with Gasteiger partial charge in [0.2, 0.25) is 5.91 Å². The van der Waals surface area contributed by atoms with Crippen LogP contribution in [0.3, 0.4) is 0 Å². The summed E-state index contributed by atoms with van der Waals surface area (Å²) in [5.74, 6) is -0.679. The molecule has 100 valence electrons. The van der Waals surface area contributed by atoms with Crippen LogP contribution in [-0.2, 0) is 10.4 Å². The first-order valence-electron chi connectivity index (χ1n) is 5.28. The fourth-order valence-corrected chi connectivity index (χ4v) is 1.53. The number of hydrogen-bond donors (Lipinski definition) is 2. The quantitative estimate of drug-likeness (QED) is 0.846. The fraction of sp³-hybridized carbons (Fsp3) is 0.417. The van der Waals surface area contributed by atoms with Crippen LogP contribution in [0, 0.1) is 0 Å². The van der Waals surface area contributed by atoms with Gasteiger partial charge in [-0.15, -0.1) is 0 Å². The SMILES string of the molecule is CC(F)(F)Oc1ccc(C(C)(O)CC(N)=O)cc1. The lowest BCUT2D eigenvalue weighted by Gasteiger charge is -2.22. The summed E-state index contributed by atoms with van der Waals surface area (Å²) in [6.07, 6.45) is -3.52. The Balaban J connectivity index is 2.85. The van der Waals surface area contributed by atoms with Crippen LogP contribution in [0.5, 0.6) is 5.75 Å². The van der Waals surface area contributed by atoms with Gasteiger partial charge in [-0.3, -0.25) is 4.79 Å². The topological polar surface area (TPSA) is 72.6 Å². The maximum Gasteiger partial charge on any atom is 0.394 e. The lowest BCUT2D eigenvalue weighted by molar-refractivity contribution is -0.158. The molecule has 0 aromatic heterocycles. The first kappa shape index (κ1) is 14.4. The highest BCUT2D eigenvalue weighted by Gasteiger charge is 2.27. The smallest absolute Gasteiger partial charge is 0.394 e. The van der Waals surface area contributed by atoms with Crippen LogP contribution in [0.4, 0.5) is 8.78 Å². The van der Waals surface area contributed by atoms with E-state index in [1.807, 2.05) is 0 Å². The van der Waals surface area contributed by atoms with Crippen molar-refractivity contribution in [3.8, 4) is 5.75 Å². The second kappa shape index (κ2) is 4.89. The maximum atomic E-state index is 12.6. The van der Waals surface area contributed by atoms with Crippen molar-refractivity contribution < 1.29 is 23.4 Å². The molecule has 1 atom stereocenters. The number of hydrogen-bond acceptors (Lipinski definition) is 3. The Kier molecular flexibility index (Phi) is 3.91. The third kappa shape index (κ3) is 4.29. The van der Waals surface area contributed by atoms with E-state index < -0.39 is 17.6 Å². The second-order valence-electron chi connectivity index (χ2n) is 4.35. The number of primary amides is 1. The zero-order valence-corrected chi connectivity index (χ0v) is 10.1. The van der Waals surface area contributed by atoms with E-state index in [9.17, 15) is 18.7 Å². The molecule has 1 aromatic carbocycles. The molecular formula is C12H15F2NO3. The van der Waals surface area contributed by atoms with Crippen molar-refractivity contribution in [2.45, 2.75) is 32.0 Å². The van der Waals surface area contributed by atoms with Crippen LogP contribution in [0.25, 0.3) is 0 Å². The minimum atomic E-state index is -3.27. The molecule has 0 fully saturated rings. The number of alkyl halides is 2. The van der Waals surface area contributed by atoms with Gasteiger partial charge in [0, 0.05) is 6.92 Å². The van der Waals surface area contributed by atoms with Crippen LogP contribution in [0.15, 0.2) is 24.3 Å². The molecule has 0 heterocycles. The van der Waals surface area contributed by atoms with Gasteiger partial charge in [-0.05, 0) is 24.6 Å². The lowest BCUT2D eigenvalue weighted by Crippen LogP contribution is -2.28. The van der Waals surface area contributed by atoms with E-state index in [-0.39, 0.29) is 12.2 Å². The number of nitrogens with two attached hydrogens (primary N) is 1. The first-order valence-corrected chi connectivity index (χ1v) is 5.28. The third-order valence-corrected chi connectivity index (χ3v) is 2.29. The third-order valence-electron chi connectivity index (χ3n) is 2.29. The van der Waals surface area contributed by atoms with Crippen LogP contribution >= 0.6 is 0 Å². The highest BCUT2D eigenvalue weighted by Crippen LogP contribution is 2.27. The van der Waals surface area contributed by atoms with Crippen molar-refractivity contribution in [3.63, 3.8) is 0 Å². The molecule has 4 nitrogen and oxygen atoms in total. The van der Waals surface area contributed by atoms with E-state index >= 15 is 0 Å². The summed E-state index contributed by atoms with van der Waals surface area (Å²) in [7, 11) is 0. The van der Waals surface area contributed by atoms with Crippen LogP contribution in [-0.4, -0.2) is 17.1 Å². The van der Waals surface area contributed by atoms with Gasteiger partial charge in [0.25, 0.3) is 0 Å². The average molecular weight is 259 g/mol. The van der Waals surface area contributed by atoms with Gasteiger partial charge in [0.05, 0.1) is 12.0 Å². The molecule has 1 amide bonds. The molecule has 6 heteroatoms. The summed E-state index contributed by atoms with van der Waals surface area (Å²) < 4.78 is 29.5.